The van der Waals surface area contributed by atoms with Gasteiger partial charge in [0.2, 0.25) is 0 Å². The van der Waals surface area contributed by atoms with Crippen LogP contribution in [0.2, 0.25) is 0 Å². The molecular weight excluding hydrogens is 348 g/mol. The van der Waals surface area contributed by atoms with Gasteiger partial charge in [-0.05, 0) is 37.1 Å². The van der Waals surface area contributed by atoms with E-state index in [1.807, 2.05) is 12.1 Å². The molecule has 0 spiro atoms. The number of benzene rings is 1. The fourth-order valence-corrected chi connectivity index (χ4v) is 3.22. The Bertz CT molecular complexity index is 1010. The highest BCUT2D eigenvalue weighted by Crippen LogP contribution is 2.22. The Labute approximate surface area is 155 Å². The molecule has 2 aromatic heterocycles. The smallest absolute Gasteiger partial charge is 0.318 e. The molecule has 0 unspecified atom stereocenters. The lowest BCUT2D eigenvalue weighted by Crippen LogP contribution is -2.29. The normalized spacial score (nSPS) is 16.6. The molecule has 8 nitrogen and oxygen atoms in total. The monoisotopic (exact) mass is 368 g/mol. The molecule has 3 aromatic rings. The van der Waals surface area contributed by atoms with Gasteiger partial charge < -0.3 is 14.2 Å². The van der Waals surface area contributed by atoms with Gasteiger partial charge in [0.05, 0.1) is 33.1 Å². The predicted octanol–water partition coefficient (Wildman–Crippen LogP) is 2.05. The van der Waals surface area contributed by atoms with Crippen LogP contribution in [-0.4, -0.2) is 46.4 Å². The molecule has 1 aliphatic rings. The van der Waals surface area contributed by atoms with Crippen molar-refractivity contribution in [3.63, 3.8) is 0 Å². The average Bonchev–Trinajstić information content (AvgIpc) is 3.23. The Kier molecular flexibility index (Phi) is 4.72. The first-order chi connectivity index (χ1) is 13.2. The van der Waals surface area contributed by atoms with E-state index in [2.05, 4.69) is 15.0 Å². The van der Waals surface area contributed by atoms with Crippen molar-refractivity contribution < 1.29 is 14.2 Å². The first-order valence-electron chi connectivity index (χ1n) is 8.77. The zero-order chi connectivity index (χ0) is 18.8. The fourth-order valence-electron chi connectivity index (χ4n) is 3.22. The molecule has 0 aliphatic carbocycles. The number of aromatic nitrogens is 4. The Morgan fingerprint density at radius 1 is 1.19 bits per heavy atom. The van der Waals surface area contributed by atoms with Crippen molar-refractivity contribution in [1.82, 2.24) is 19.5 Å². The number of rotatable bonds is 5. The highest BCUT2D eigenvalue weighted by Gasteiger charge is 2.21. The Hall–Kier alpha value is -3.00. The third-order valence-corrected chi connectivity index (χ3v) is 4.62. The van der Waals surface area contributed by atoms with E-state index < -0.39 is 0 Å². The summed E-state index contributed by atoms with van der Waals surface area (Å²) in [7, 11) is 3.09. The van der Waals surface area contributed by atoms with Gasteiger partial charge in [0.15, 0.2) is 5.65 Å². The van der Waals surface area contributed by atoms with Gasteiger partial charge in [-0.1, -0.05) is 0 Å². The molecule has 8 heteroatoms. The standard InChI is InChI=1S/C19H20N4O4/c1-25-13-7-5-12(6-8-13)16-18(24)23(11-14-4-3-9-27-14)17-15(21-16)10-20-19(22-17)26-2/h5-8,10,14H,3-4,9,11H2,1-2H3/t14-/m1/s1. The third-order valence-electron chi connectivity index (χ3n) is 4.62. The average molecular weight is 368 g/mol. The molecule has 140 valence electrons. The van der Waals surface area contributed by atoms with E-state index in [1.54, 1.807) is 30.0 Å². The molecule has 3 heterocycles. The van der Waals surface area contributed by atoms with E-state index >= 15 is 0 Å². The van der Waals surface area contributed by atoms with Crippen molar-refractivity contribution in [2.45, 2.75) is 25.5 Å². The van der Waals surface area contributed by atoms with Crippen LogP contribution in [0.15, 0.2) is 35.3 Å². The van der Waals surface area contributed by atoms with Crippen LogP contribution in [0.4, 0.5) is 0 Å². The van der Waals surface area contributed by atoms with Crippen molar-refractivity contribution in [3.05, 3.63) is 40.8 Å². The minimum Gasteiger partial charge on any atom is -0.497 e. The quantitative estimate of drug-likeness (QED) is 0.681. The van der Waals surface area contributed by atoms with Crippen LogP contribution in [-0.2, 0) is 11.3 Å². The molecular formula is C19H20N4O4. The molecule has 1 aromatic carbocycles. The second kappa shape index (κ2) is 7.32. The number of ether oxygens (including phenoxy) is 3. The minimum absolute atomic E-state index is 0.0158. The van der Waals surface area contributed by atoms with Crippen molar-refractivity contribution in [2.24, 2.45) is 0 Å². The largest absolute Gasteiger partial charge is 0.497 e. The lowest BCUT2D eigenvalue weighted by atomic mass is 10.1. The molecule has 0 radical (unpaired) electrons. The third kappa shape index (κ3) is 3.35. The van der Waals surface area contributed by atoms with Crippen LogP contribution in [0, 0.1) is 0 Å². The summed E-state index contributed by atoms with van der Waals surface area (Å²) in [5, 5.41) is 0. The summed E-state index contributed by atoms with van der Waals surface area (Å²) in [5.74, 6) is 0.715. The minimum atomic E-state index is -0.219. The predicted molar refractivity (Wildman–Crippen MR) is 99.1 cm³/mol. The molecule has 1 atom stereocenters. The molecule has 1 saturated heterocycles. The first kappa shape index (κ1) is 17.4. The number of hydrogen-bond donors (Lipinski definition) is 0. The van der Waals surface area contributed by atoms with Gasteiger partial charge in [0.1, 0.15) is 17.0 Å². The van der Waals surface area contributed by atoms with E-state index in [4.69, 9.17) is 14.2 Å². The zero-order valence-corrected chi connectivity index (χ0v) is 15.2. The van der Waals surface area contributed by atoms with Crippen molar-refractivity contribution >= 4 is 11.2 Å². The SMILES string of the molecule is COc1ccc(-c2nc3cnc(OC)nc3n(C[C@H]3CCCO3)c2=O)cc1. The number of fused-ring (bicyclic) bond motifs is 1. The summed E-state index contributed by atoms with van der Waals surface area (Å²) in [6.45, 7) is 1.13. The van der Waals surface area contributed by atoms with Crippen molar-refractivity contribution in [3.8, 4) is 23.0 Å². The number of methoxy groups -OCH3 is 2. The zero-order valence-electron chi connectivity index (χ0n) is 15.2. The van der Waals surface area contributed by atoms with Crippen molar-refractivity contribution in [1.29, 1.82) is 0 Å². The molecule has 4 rings (SSSR count). The summed E-state index contributed by atoms with van der Waals surface area (Å²) in [6, 6.07) is 7.43. The van der Waals surface area contributed by atoms with E-state index in [9.17, 15) is 4.79 Å². The summed E-state index contributed by atoms with van der Waals surface area (Å²) >= 11 is 0. The summed E-state index contributed by atoms with van der Waals surface area (Å²) < 4.78 is 17.6. The molecule has 0 saturated carbocycles. The summed E-state index contributed by atoms with van der Waals surface area (Å²) in [5.41, 5.74) is 1.80. The van der Waals surface area contributed by atoms with Crippen LogP contribution in [0.5, 0.6) is 11.8 Å². The highest BCUT2D eigenvalue weighted by atomic mass is 16.5. The van der Waals surface area contributed by atoms with Crippen molar-refractivity contribution in [2.75, 3.05) is 20.8 Å². The Morgan fingerprint density at radius 3 is 2.67 bits per heavy atom. The summed E-state index contributed by atoms with van der Waals surface area (Å²) in [4.78, 5) is 26.2. The second-order valence-corrected chi connectivity index (χ2v) is 6.31. The molecule has 1 aliphatic heterocycles. The van der Waals surface area contributed by atoms with Crippen LogP contribution >= 0.6 is 0 Å². The number of hydrogen-bond acceptors (Lipinski definition) is 7. The van der Waals surface area contributed by atoms with Gasteiger partial charge in [-0.2, -0.15) is 4.98 Å². The molecule has 0 amide bonds. The number of nitrogens with zero attached hydrogens (tertiary/aromatic N) is 4. The maximum Gasteiger partial charge on any atom is 0.318 e. The van der Waals surface area contributed by atoms with E-state index in [0.717, 1.165) is 12.8 Å². The van der Waals surface area contributed by atoms with Gasteiger partial charge >= 0.3 is 6.01 Å². The van der Waals surface area contributed by atoms with E-state index in [-0.39, 0.29) is 17.7 Å². The van der Waals surface area contributed by atoms with Gasteiger partial charge in [0.25, 0.3) is 5.56 Å². The van der Waals surface area contributed by atoms with Crippen LogP contribution in [0.25, 0.3) is 22.4 Å². The summed E-state index contributed by atoms with van der Waals surface area (Å²) in [6.07, 6.45) is 3.46. The molecule has 27 heavy (non-hydrogen) atoms. The van der Waals surface area contributed by atoms with Crippen LogP contribution < -0.4 is 15.0 Å². The second-order valence-electron chi connectivity index (χ2n) is 6.31. The van der Waals surface area contributed by atoms with E-state index in [0.29, 0.717) is 41.3 Å². The fraction of sp³-hybridized carbons (Fsp3) is 0.368. The van der Waals surface area contributed by atoms with Gasteiger partial charge in [-0.3, -0.25) is 9.36 Å². The van der Waals surface area contributed by atoms with E-state index in [1.165, 1.54) is 7.11 Å². The van der Waals surface area contributed by atoms with Crippen LogP contribution in [0.3, 0.4) is 0 Å². The molecule has 0 N–H and O–H groups in total. The Balaban J connectivity index is 1.88. The van der Waals surface area contributed by atoms with Gasteiger partial charge in [0, 0.05) is 12.2 Å². The van der Waals surface area contributed by atoms with Gasteiger partial charge in [-0.15, -0.1) is 0 Å². The van der Waals surface area contributed by atoms with Gasteiger partial charge in [-0.25, -0.2) is 9.97 Å². The maximum atomic E-state index is 13.2. The highest BCUT2D eigenvalue weighted by molar-refractivity contribution is 5.74. The molecule has 1 fully saturated rings. The first-order valence-corrected chi connectivity index (χ1v) is 8.77. The van der Waals surface area contributed by atoms with Crippen LogP contribution in [0.1, 0.15) is 12.8 Å². The maximum absolute atomic E-state index is 13.2. The lowest BCUT2D eigenvalue weighted by molar-refractivity contribution is 0.0970. The topological polar surface area (TPSA) is 88.4 Å². The molecule has 0 bridgehead atoms. The lowest BCUT2D eigenvalue weighted by Gasteiger charge is -2.15. The Morgan fingerprint density at radius 2 is 2.00 bits per heavy atom.